The van der Waals surface area contributed by atoms with Crippen molar-refractivity contribution in [3.8, 4) is 23.0 Å². The lowest BCUT2D eigenvalue weighted by Gasteiger charge is -2.30. The van der Waals surface area contributed by atoms with Crippen molar-refractivity contribution in [1.82, 2.24) is 9.88 Å². The first-order valence-corrected chi connectivity index (χ1v) is 12.3. The van der Waals surface area contributed by atoms with Crippen molar-refractivity contribution in [2.24, 2.45) is 5.92 Å². The van der Waals surface area contributed by atoms with Gasteiger partial charge in [-0.2, -0.15) is 0 Å². The van der Waals surface area contributed by atoms with Gasteiger partial charge in [-0.05, 0) is 86.3 Å². The summed E-state index contributed by atoms with van der Waals surface area (Å²) in [4.78, 5) is 7.09. The van der Waals surface area contributed by atoms with Gasteiger partial charge in [0.15, 0.2) is 17.7 Å². The number of rotatable bonds is 6. The van der Waals surface area contributed by atoms with Crippen molar-refractivity contribution < 1.29 is 24.1 Å². The fraction of sp³-hybridized carbons (Fsp3) is 0.345. The number of allylic oxidation sites excluding steroid dienone is 1. The Balaban J connectivity index is 1.42. The standard InChI is InChI=1S/C29H31FN2O4/c1-17-10-11-32(15-17)18(2)16-35-22-6-7-25(31-14-22)29-28(20-4-8-26(34)24(30)12-20)19(3)23-13-21(33)5-9-27(23)36-29/h4-9,12-14,17-18,29,33-34H,10-11,15-16H2,1-3H3/t17-,18+,29?/m1/s1. The molecule has 1 fully saturated rings. The van der Waals surface area contributed by atoms with Crippen molar-refractivity contribution in [2.45, 2.75) is 39.3 Å². The number of phenolic OH excluding ortho intramolecular Hbond substituents is 2. The summed E-state index contributed by atoms with van der Waals surface area (Å²) in [6.45, 7) is 9.16. The number of aromatic hydroxyl groups is 2. The average Bonchev–Trinajstić information content (AvgIpc) is 3.31. The highest BCUT2D eigenvalue weighted by atomic mass is 19.1. The Morgan fingerprint density at radius 1 is 1.17 bits per heavy atom. The highest BCUT2D eigenvalue weighted by Gasteiger charge is 2.31. The molecule has 0 radical (unpaired) electrons. The monoisotopic (exact) mass is 490 g/mol. The second-order valence-electron chi connectivity index (χ2n) is 9.85. The van der Waals surface area contributed by atoms with E-state index in [0.29, 0.717) is 41.0 Å². The molecule has 0 spiro atoms. The Hall–Kier alpha value is -3.58. The van der Waals surface area contributed by atoms with Crippen LogP contribution >= 0.6 is 0 Å². The minimum Gasteiger partial charge on any atom is -0.508 e. The molecule has 188 valence electrons. The predicted molar refractivity (Wildman–Crippen MR) is 137 cm³/mol. The van der Waals surface area contributed by atoms with Crippen LogP contribution in [-0.4, -0.2) is 45.8 Å². The smallest absolute Gasteiger partial charge is 0.166 e. The van der Waals surface area contributed by atoms with E-state index in [1.165, 1.54) is 18.6 Å². The van der Waals surface area contributed by atoms with Gasteiger partial charge in [-0.3, -0.25) is 9.88 Å². The molecule has 5 rings (SSSR count). The number of nitrogens with zero attached hydrogens (tertiary/aromatic N) is 2. The molecule has 2 aliphatic rings. The minimum atomic E-state index is -0.716. The number of fused-ring (bicyclic) bond motifs is 1. The fourth-order valence-corrected chi connectivity index (χ4v) is 5.02. The molecular formula is C29H31FN2O4. The van der Waals surface area contributed by atoms with Gasteiger partial charge in [0.2, 0.25) is 0 Å². The summed E-state index contributed by atoms with van der Waals surface area (Å²) < 4.78 is 26.7. The molecule has 2 N–H and O–H groups in total. The molecule has 6 nitrogen and oxygen atoms in total. The average molecular weight is 491 g/mol. The van der Waals surface area contributed by atoms with Crippen LogP contribution in [0.4, 0.5) is 4.39 Å². The number of phenols is 2. The van der Waals surface area contributed by atoms with Gasteiger partial charge in [-0.25, -0.2) is 4.39 Å². The van der Waals surface area contributed by atoms with Crippen molar-refractivity contribution in [2.75, 3.05) is 19.7 Å². The normalized spacial score (nSPS) is 20.7. The molecule has 0 aliphatic carbocycles. The van der Waals surface area contributed by atoms with Crippen LogP contribution in [-0.2, 0) is 0 Å². The van der Waals surface area contributed by atoms with Crippen LogP contribution in [0.25, 0.3) is 11.1 Å². The maximum absolute atomic E-state index is 14.3. The third kappa shape index (κ3) is 4.75. The van der Waals surface area contributed by atoms with E-state index < -0.39 is 17.7 Å². The molecule has 1 aromatic heterocycles. The number of benzene rings is 2. The van der Waals surface area contributed by atoms with Crippen LogP contribution < -0.4 is 9.47 Å². The molecule has 3 atom stereocenters. The molecule has 0 bridgehead atoms. The molecule has 1 saturated heterocycles. The van der Waals surface area contributed by atoms with Crippen LogP contribution in [0.15, 0.2) is 54.7 Å². The van der Waals surface area contributed by atoms with Crippen LogP contribution in [0.5, 0.6) is 23.0 Å². The number of aromatic nitrogens is 1. The Labute approximate surface area is 210 Å². The van der Waals surface area contributed by atoms with Gasteiger partial charge in [0, 0.05) is 23.7 Å². The number of likely N-dealkylation sites (tertiary alicyclic amines) is 1. The van der Waals surface area contributed by atoms with Crippen molar-refractivity contribution in [3.63, 3.8) is 0 Å². The molecule has 7 heteroatoms. The van der Waals surface area contributed by atoms with Gasteiger partial charge in [-0.15, -0.1) is 0 Å². The zero-order valence-corrected chi connectivity index (χ0v) is 20.7. The Kier molecular flexibility index (Phi) is 6.58. The summed E-state index contributed by atoms with van der Waals surface area (Å²) in [5, 5.41) is 19.7. The van der Waals surface area contributed by atoms with E-state index in [2.05, 4.69) is 23.7 Å². The van der Waals surface area contributed by atoms with Gasteiger partial charge < -0.3 is 19.7 Å². The summed E-state index contributed by atoms with van der Waals surface area (Å²) in [5.41, 5.74) is 3.48. The SMILES string of the molecule is CC1=C(c2ccc(O)c(F)c2)C(c2ccc(OC[C@H](C)N3CC[C@@H](C)C3)cn2)Oc2ccc(O)cc21. The van der Waals surface area contributed by atoms with Gasteiger partial charge >= 0.3 is 0 Å². The van der Waals surface area contributed by atoms with E-state index in [-0.39, 0.29) is 5.75 Å². The van der Waals surface area contributed by atoms with E-state index in [0.717, 1.165) is 30.1 Å². The van der Waals surface area contributed by atoms with Crippen LogP contribution in [0.3, 0.4) is 0 Å². The van der Waals surface area contributed by atoms with Crippen LogP contribution in [0, 0.1) is 11.7 Å². The molecule has 3 aromatic rings. The molecule has 36 heavy (non-hydrogen) atoms. The van der Waals surface area contributed by atoms with Crippen LogP contribution in [0.2, 0.25) is 0 Å². The molecular weight excluding hydrogens is 459 g/mol. The van der Waals surface area contributed by atoms with Crippen molar-refractivity contribution in [3.05, 3.63) is 77.4 Å². The molecule has 1 unspecified atom stereocenters. The Morgan fingerprint density at radius 3 is 2.69 bits per heavy atom. The summed E-state index contributed by atoms with van der Waals surface area (Å²) in [6.07, 6.45) is 2.31. The first-order chi connectivity index (χ1) is 17.3. The van der Waals surface area contributed by atoms with E-state index in [4.69, 9.17) is 9.47 Å². The first kappa shape index (κ1) is 24.1. The number of ether oxygens (including phenoxy) is 2. The topological polar surface area (TPSA) is 75.1 Å². The van der Waals surface area contributed by atoms with E-state index in [9.17, 15) is 14.6 Å². The minimum absolute atomic E-state index is 0.114. The number of pyridine rings is 1. The zero-order valence-electron chi connectivity index (χ0n) is 20.7. The zero-order chi connectivity index (χ0) is 25.4. The van der Waals surface area contributed by atoms with Gasteiger partial charge in [-0.1, -0.05) is 13.0 Å². The van der Waals surface area contributed by atoms with Crippen LogP contribution in [0.1, 0.15) is 50.1 Å². The van der Waals surface area contributed by atoms with Crippen molar-refractivity contribution >= 4 is 11.1 Å². The first-order valence-electron chi connectivity index (χ1n) is 12.3. The second-order valence-corrected chi connectivity index (χ2v) is 9.85. The lowest BCUT2D eigenvalue weighted by Crippen LogP contribution is -2.35. The summed E-state index contributed by atoms with van der Waals surface area (Å²) in [5.74, 6) is 0.993. The summed E-state index contributed by atoms with van der Waals surface area (Å²) in [7, 11) is 0. The van der Waals surface area contributed by atoms with E-state index in [1.807, 2.05) is 19.1 Å². The van der Waals surface area contributed by atoms with Gasteiger partial charge in [0.25, 0.3) is 0 Å². The molecule has 2 aliphatic heterocycles. The highest BCUT2D eigenvalue weighted by molar-refractivity contribution is 5.95. The lowest BCUT2D eigenvalue weighted by molar-refractivity contribution is 0.168. The van der Waals surface area contributed by atoms with Gasteiger partial charge in [0.1, 0.15) is 23.9 Å². The van der Waals surface area contributed by atoms with Crippen molar-refractivity contribution in [1.29, 1.82) is 0 Å². The predicted octanol–water partition coefficient (Wildman–Crippen LogP) is 5.81. The van der Waals surface area contributed by atoms with E-state index in [1.54, 1.807) is 30.5 Å². The summed E-state index contributed by atoms with van der Waals surface area (Å²) in [6, 6.07) is 13.2. The number of hydrogen-bond donors (Lipinski definition) is 2. The maximum atomic E-state index is 14.3. The molecule has 0 saturated carbocycles. The quantitative estimate of drug-likeness (QED) is 0.455. The Bertz CT molecular complexity index is 1290. The third-order valence-electron chi connectivity index (χ3n) is 7.13. The fourth-order valence-electron chi connectivity index (χ4n) is 5.02. The largest absolute Gasteiger partial charge is 0.508 e. The molecule has 2 aromatic carbocycles. The summed E-state index contributed by atoms with van der Waals surface area (Å²) >= 11 is 0. The molecule has 0 amide bonds. The van der Waals surface area contributed by atoms with E-state index >= 15 is 0 Å². The maximum Gasteiger partial charge on any atom is 0.166 e. The second kappa shape index (κ2) is 9.82. The Morgan fingerprint density at radius 2 is 2.00 bits per heavy atom. The number of hydrogen-bond acceptors (Lipinski definition) is 6. The number of halogens is 1. The highest BCUT2D eigenvalue weighted by Crippen LogP contribution is 2.47. The van der Waals surface area contributed by atoms with Gasteiger partial charge in [0.05, 0.1) is 11.9 Å². The third-order valence-corrected chi connectivity index (χ3v) is 7.13. The lowest BCUT2D eigenvalue weighted by atomic mass is 9.87. The molecule has 3 heterocycles.